The number of rotatable bonds is 3. The summed E-state index contributed by atoms with van der Waals surface area (Å²) in [6.07, 6.45) is -0.392. The molecular formula is C30H42O10. The number of hydrogen-bond donors (Lipinski definition) is 6. The van der Waals surface area contributed by atoms with Gasteiger partial charge in [0.15, 0.2) is 6.29 Å². The molecule has 0 amide bonds. The molecular weight excluding hydrogens is 520 g/mol. The smallest absolute Gasteiger partial charge is 0.335 e. The molecule has 0 aromatic carbocycles. The van der Waals surface area contributed by atoms with Crippen LogP contribution in [0.3, 0.4) is 0 Å². The van der Waals surface area contributed by atoms with E-state index in [1.165, 1.54) is 12.3 Å². The van der Waals surface area contributed by atoms with Gasteiger partial charge in [0, 0.05) is 17.4 Å². The van der Waals surface area contributed by atoms with Crippen LogP contribution < -0.4 is 5.63 Å². The molecule has 1 saturated heterocycles. The highest BCUT2D eigenvalue weighted by Crippen LogP contribution is 2.71. The van der Waals surface area contributed by atoms with Gasteiger partial charge in [-0.25, -0.2) is 4.79 Å². The molecule has 1 aromatic rings. The van der Waals surface area contributed by atoms with Crippen molar-refractivity contribution in [1.82, 2.24) is 0 Å². The zero-order valence-corrected chi connectivity index (χ0v) is 23.3. The third-order valence-electron chi connectivity index (χ3n) is 11.7. The molecule has 5 aliphatic rings. The standard InChI is InChI=1S/C30H42O10/c1-15-23(33)24(34)25(35)26(39-15)40-18-7-9-27(2)17(12-18)6-10-29(36)20(27)13-21(31)28(3)19(8-11-30(28,29)37)16-4-5-22(32)38-14-16/h4-5,12,14-15,18-21,23-26,31,33-37H,6-11,13H2,1-3H3/t15-,18-,19+,20-,21-,23-,24-,25-,26-,27-,28-,29-,30+/m0/s1. The Labute approximate surface area is 233 Å². The Morgan fingerprint density at radius 2 is 1.73 bits per heavy atom. The van der Waals surface area contributed by atoms with Crippen molar-refractivity contribution >= 4 is 0 Å². The normalized spacial score (nSPS) is 52.3. The topological polar surface area (TPSA) is 170 Å². The summed E-state index contributed by atoms with van der Waals surface area (Å²) in [4.78, 5) is 11.6. The van der Waals surface area contributed by atoms with Gasteiger partial charge in [-0.15, -0.1) is 0 Å². The van der Waals surface area contributed by atoms with Crippen molar-refractivity contribution in [2.75, 3.05) is 0 Å². The maximum Gasteiger partial charge on any atom is 0.335 e. The molecule has 0 unspecified atom stereocenters. The molecule has 1 aromatic heterocycles. The Morgan fingerprint density at radius 1 is 0.975 bits per heavy atom. The van der Waals surface area contributed by atoms with E-state index < -0.39 is 76.5 Å². The summed E-state index contributed by atoms with van der Waals surface area (Å²) in [5, 5.41) is 67.2. The van der Waals surface area contributed by atoms with E-state index in [0.29, 0.717) is 44.9 Å². The van der Waals surface area contributed by atoms with Crippen molar-refractivity contribution in [2.45, 2.75) is 126 Å². The Bertz CT molecular complexity index is 1210. The zero-order valence-electron chi connectivity index (χ0n) is 23.3. The second-order valence-corrected chi connectivity index (χ2v) is 13.4. The van der Waals surface area contributed by atoms with Gasteiger partial charge in [0.05, 0.1) is 30.2 Å². The van der Waals surface area contributed by atoms with Crippen LogP contribution >= 0.6 is 0 Å². The number of fused-ring (bicyclic) bond motifs is 5. The maximum atomic E-state index is 12.5. The second kappa shape index (κ2) is 9.44. The van der Waals surface area contributed by atoms with Crippen LogP contribution in [0.5, 0.6) is 0 Å². The summed E-state index contributed by atoms with van der Waals surface area (Å²) in [5.41, 5.74) is -3.14. The molecule has 40 heavy (non-hydrogen) atoms. The van der Waals surface area contributed by atoms with Gasteiger partial charge >= 0.3 is 5.63 Å². The average Bonchev–Trinajstić information content (AvgIpc) is 3.21. The fourth-order valence-electron chi connectivity index (χ4n) is 9.20. The van der Waals surface area contributed by atoms with Crippen molar-refractivity contribution < 1.29 is 44.5 Å². The predicted octanol–water partition coefficient (Wildman–Crippen LogP) is 1.10. The highest BCUT2D eigenvalue weighted by atomic mass is 16.7. The Morgan fingerprint density at radius 3 is 2.42 bits per heavy atom. The molecule has 4 aliphatic carbocycles. The predicted molar refractivity (Wildman–Crippen MR) is 141 cm³/mol. The quantitative estimate of drug-likeness (QED) is 0.293. The van der Waals surface area contributed by atoms with E-state index in [0.717, 1.165) is 11.1 Å². The van der Waals surface area contributed by atoms with Crippen molar-refractivity contribution in [3.63, 3.8) is 0 Å². The van der Waals surface area contributed by atoms with Crippen LogP contribution in [-0.4, -0.2) is 84.8 Å². The minimum absolute atomic E-state index is 0.283. The molecule has 2 heterocycles. The minimum Gasteiger partial charge on any atom is -0.431 e. The Balaban J connectivity index is 1.27. The van der Waals surface area contributed by atoms with Gasteiger partial charge in [0.1, 0.15) is 23.9 Å². The molecule has 4 fully saturated rings. The van der Waals surface area contributed by atoms with E-state index in [1.54, 1.807) is 13.0 Å². The molecule has 10 nitrogen and oxygen atoms in total. The second-order valence-electron chi connectivity index (χ2n) is 13.4. The van der Waals surface area contributed by atoms with Crippen LogP contribution in [0.15, 0.2) is 39.3 Å². The van der Waals surface area contributed by atoms with E-state index >= 15 is 0 Å². The number of allylic oxidation sites excluding steroid dienone is 1. The van der Waals surface area contributed by atoms with Crippen LogP contribution in [-0.2, 0) is 9.47 Å². The molecule has 0 spiro atoms. The monoisotopic (exact) mass is 562 g/mol. The molecule has 3 saturated carbocycles. The first-order valence-electron chi connectivity index (χ1n) is 14.5. The van der Waals surface area contributed by atoms with Gasteiger partial charge in [0.2, 0.25) is 0 Å². The number of aliphatic hydroxyl groups is 6. The van der Waals surface area contributed by atoms with Crippen molar-refractivity contribution in [1.29, 1.82) is 0 Å². The molecule has 1 aliphatic heterocycles. The largest absolute Gasteiger partial charge is 0.431 e. The molecule has 0 radical (unpaired) electrons. The third kappa shape index (κ3) is 3.74. The van der Waals surface area contributed by atoms with E-state index in [4.69, 9.17) is 13.9 Å². The highest BCUT2D eigenvalue weighted by Gasteiger charge is 2.76. The fourth-order valence-corrected chi connectivity index (χ4v) is 9.20. The maximum absolute atomic E-state index is 12.5. The summed E-state index contributed by atoms with van der Waals surface area (Å²) in [6, 6.07) is 3.04. The summed E-state index contributed by atoms with van der Waals surface area (Å²) in [7, 11) is 0. The molecule has 6 rings (SSSR count). The third-order valence-corrected chi connectivity index (χ3v) is 11.7. The van der Waals surface area contributed by atoms with E-state index in [1.807, 2.05) is 13.0 Å². The lowest BCUT2D eigenvalue weighted by Gasteiger charge is -2.67. The SMILES string of the molecule is C[C@@H]1O[C@@H](O[C@@H]2C=C3CC[C@]4(O)[C@@H](C[C@H](O)[C@]5(C)[C@@H](c6ccc(=O)oc6)CC[C@@]54O)[C@@]3(C)CC2)[C@@H](O)[C@@H](O)[C@H]1O. The van der Waals surface area contributed by atoms with Crippen LogP contribution in [0, 0.1) is 16.7 Å². The van der Waals surface area contributed by atoms with E-state index in [2.05, 4.69) is 6.92 Å². The molecule has 222 valence electrons. The molecule has 6 N–H and O–H groups in total. The number of aliphatic hydroxyl groups excluding tert-OH is 4. The van der Waals surface area contributed by atoms with Crippen molar-refractivity contribution in [2.24, 2.45) is 16.7 Å². The van der Waals surface area contributed by atoms with Crippen LogP contribution in [0.1, 0.15) is 77.2 Å². The average molecular weight is 563 g/mol. The first kappa shape index (κ1) is 28.5. The Kier molecular flexibility index (Phi) is 6.72. The van der Waals surface area contributed by atoms with E-state index in [9.17, 15) is 35.4 Å². The van der Waals surface area contributed by atoms with Gasteiger partial charge in [-0.1, -0.05) is 25.5 Å². The molecule has 13 atom stereocenters. The zero-order chi connectivity index (χ0) is 28.8. The Hall–Kier alpha value is -1.63. The fraction of sp³-hybridized carbons (Fsp3) is 0.767. The lowest BCUT2D eigenvalue weighted by Crippen LogP contribution is -2.75. The van der Waals surface area contributed by atoms with Gasteiger partial charge < -0.3 is 44.5 Å². The van der Waals surface area contributed by atoms with Crippen LogP contribution in [0.4, 0.5) is 0 Å². The van der Waals surface area contributed by atoms with Gasteiger partial charge in [-0.05, 0) is 74.8 Å². The summed E-state index contributed by atoms with van der Waals surface area (Å²) in [6.45, 7) is 5.56. The van der Waals surface area contributed by atoms with Crippen LogP contribution in [0.25, 0.3) is 0 Å². The lowest BCUT2D eigenvalue weighted by molar-refractivity contribution is -0.307. The van der Waals surface area contributed by atoms with E-state index in [-0.39, 0.29) is 5.92 Å². The van der Waals surface area contributed by atoms with Gasteiger partial charge in [0.25, 0.3) is 0 Å². The minimum atomic E-state index is -1.54. The summed E-state index contributed by atoms with van der Waals surface area (Å²) in [5.74, 6) is -0.677. The first-order chi connectivity index (χ1) is 18.8. The summed E-state index contributed by atoms with van der Waals surface area (Å²) < 4.78 is 16.8. The summed E-state index contributed by atoms with van der Waals surface area (Å²) >= 11 is 0. The van der Waals surface area contributed by atoms with Crippen molar-refractivity contribution in [3.05, 3.63) is 46.0 Å². The molecule has 0 bridgehead atoms. The van der Waals surface area contributed by atoms with Gasteiger partial charge in [-0.3, -0.25) is 0 Å². The number of hydrogen-bond acceptors (Lipinski definition) is 10. The first-order valence-corrected chi connectivity index (χ1v) is 14.5. The number of ether oxygens (including phenoxy) is 2. The highest BCUT2D eigenvalue weighted by molar-refractivity contribution is 5.36. The van der Waals surface area contributed by atoms with Crippen LogP contribution in [0.2, 0.25) is 0 Å². The lowest BCUT2D eigenvalue weighted by atomic mass is 9.42. The van der Waals surface area contributed by atoms with Gasteiger partial charge in [-0.2, -0.15) is 0 Å². The van der Waals surface area contributed by atoms with Crippen molar-refractivity contribution in [3.8, 4) is 0 Å². The molecule has 10 heteroatoms.